The molecule has 1 atom stereocenters. The highest BCUT2D eigenvalue weighted by atomic mass is 16.4. The monoisotopic (exact) mass is 265 g/mol. The molecule has 1 aliphatic heterocycles. The molecular formula is C13H19N3O3. The van der Waals surface area contributed by atoms with Crippen LogP contribution in [-0.2, 0) is 4.79 Å². The van der Waals surface area contributed by atoms with Crippen LogP contribution in [0.4, 0.5) is 5.82 Å². The Morgan fingerprint density at radius 1 is 1.58 bits per heavy atom. The third kappa shape index (κ3) is 2.34. The molecule has 19 heavy (non-hydrogen) atoms. The molecule has 1 aromatic rings. The molecule has 2 rings (SSSR count). The molecule has 2 N–H and O–H groups in total. The van der Waals surface area contributed by atoms with Gasteiger partial charge in [0.25, 0.3) is 5.56 Å². The van der Waals surface area contributed by atoms with E-state index in [1.54, 1.807) is 11.8 Å². The normalized spacial score (nSPS) is 23.1. The molecule has 0 spiro atoms. The average Bonchev–Trinajstić information content (AvgIpc) is 2.72. The molecule has 2 heterocycles. The second-order valence-electron chi connectivity index (χ2n) is 5.48. The number of carboxylic acid groups (broad SMARTS) is 1. The Morgan fingerprint density at radius 3 is 2.84 bits per heavy atom. The molecule has 0 aliphatic carbocycles. The average molecular weight is 265 g/mol. The Hall–Kier alpha value is -1.85. The summed E-state index contributed by atoms with van der Waals surface area (Å²) < 4.78 is 0. The van der Waals surface area contributed by atoms with Gasteiger partial charge in [0.05, 0.1) is 0 Å². The molecule has 6 heteroatoms. The standard InChI is InChI=1S/C13H19N3O3/c1-8(2)11-14-9(7-10(17)15-11)16-6-4-5-13(16,3)12(18)19/h7-8H,4-6H2,1-3H3,(H,18,19)(H,14,15,17). The maximum absolute atomic E-state index is 11.7. The Balaban J connectivity index is 2.47. The minimum atomic E-state index is -0.977. The molecule has 0 amide bonds. The van der Waals surface area contributed by atoms with Gasteiger partial charge in [-0.2, -0.15) is 0 Å². The quantitative estimate of drug-likeness (QED) is 0.861. The number of anilines is 1. The van der Waals surface area contributed by atoms with Crippen LogP contribution in [0.5, 0.6) is 0 Å². The van der Waals surface area contributed by atoms with Gasteiger partial charge in [-0.1, -0.05) is 13.8 Å². The van der Waals surface area contributed by atoms with E-state index in [1.165, 1.54) is 6.07 Å². The van der Waals surface area contributed by atoms with Crippen molar-refractivity contribution in [3.63, 3.8) is 0 Å². The zero-order chi connectivity index (χ0) is 14.2. The largest absolute Gasteiger partial charge is 0.480 e. The summed E-state index contributed by atoms with van der Waals surface area (Å²) in [5.41, 5.74) is -1.22. The van der Waals surface area contributed by atoms with E-state index >= 15 is 0 Å². The van der Waals surface area contributed by atoms with E-state index in [0.717, 1.165) is 6.42 Å². The van der Waals surface area contributed by atoms with Crippen LogP contribution in [0.3, 0.4) is 0 Å². The first-order valence-electron chi connectivity index (χ1n) is 6.47. The van der Waals surface area contributed by atoms with Gasteiger partial charge in [0.1, 0.15) is 17.2 Å². The number of nitrogens with one attached hydrogen (secondary N) is 1. The lowest BCUT2D eigenvalue weighted by atomic mass is 9.99. The van der Waals surface area contributed by atoms with E-state index in [2.05, 4.69) is 9.97 Å². The maximum Gasteiger partial charge on any atom is 0.329 e. The van der Waals surface area contributed by atoms with E-state index in [-0.39, 0.29) is 11.5 Å². The number of rotatable bonds is 3. The summed E-state index contributed by atoms with van der Waals surface area (Å²) in [7, 11) is 0. The predicted octanol–water partition coefficient (Wildman–Crippen LogP) is 1.34. The Labute approximate surface area is 111 Å². The summed E-state index contributed by atoms with van der Waals surface area (Å²) >= 11 is 0. The zero-order valence-electron chi connectivity index (χ0n) is 11.4. The number of aromatic amines is 1. The van der Waals surface area contributed by atoms with Gasteiger partial charge < -0.3 is 15.0 Å². The number of hydrogen-bond acceptors (Lipinski definition) is 4. The van der Waals surface area contributed by atoms with Crippen LogP contribution in [0.15, 0.2) is 10.9 Å². The third-order valence-corrected chi connectivity index (χ3v) is 3.67. The molecule has 1 unspecified atom stereocenters. The van der Waals surface area contributed by atoms with Crippen molar-refractivity contribution >= 4 is 11.8 Å². The lowest BCUT2D eigenvalue weighted by molar-refractivity contribution is -0.142. The third-order valence-electron chi connectivity index (χ3n) is 3.67. The van der Waals surface area contributed by atoms with Crippen molar-refractivity contribution in [1.82, 2.24) is 9.97 Å². The van der Waals surface area contributed by atoms with Gasteiger partial charge in [0.15, 0.2) is 0 Å². The minimum absolute atomic E-state index is 0.0892. The number of aromatic nitrogens is 2. The van der Waals surface area contributed by atoms with E-state index in [0.29, 0.717) is 24.6 Å². The predicted molar refractivity (Wildman–Crippen MR) is 71.6 cm³/mol. The van der Waals surface area contributed by atoms with Gasteiger partial charge in [0.2, 0.25) is 0 Å². The minimum Gasteiger partial charge on any atom is -0.480 e. The fraction of sp³-hybridized carbons (Fsp3) is 0.615. The molecule has 0 saturated carbocycles. The van der Waals surface area contributed by atoms with Crippen LogP contribution in [0.2, 0.25) is 0 Å². The number of hydrogen-bond donors (Lipinski definition) is 2. The van der Waals surface area contributed by atoms with Crippen molar-refractivity contribution in [2.24, 2.45) is 0 Å². The highest BCUT2D eigenvalue weighted by Crippen LogP contribution is 2.32. The van der Waals surface area contributed by atoms with Crippen LogP contribution in [0.25, 0.3) is 0 Å². The summed E-state index contributed by atoms with van der Waals surface area (Å²) in [4.78, 5) is 31.9. The summed E-state index contributed by atoms with van der Waals surface area (Å²) in [6.45, 7) is 6.15. The van der Waals surface area contributed by atoms with Crippen LogP contribution < -0.4 is 10.5 Å². The van der Waals surface area contributed by atoms with Gasteiger partial charge in [0, 0.05) is 18.5 Å². The number of nitrogens with zero attached hydrogens (tertiary/aromatic N) is 2. The first-order valence-corrected chi connectivity index (χ1v) is 6.47. The highest BCUT2D eigenvalue weighted by Gasteiger charge is 2.44. The van der Waals surface area contributed by atoms with E-state index < -0.39 is 11.5 Å². The van der Waals surface area contributed by atoms with Gasteiger partial charge in [-0.25, -0.2) is 9.78 Å². The lowest BCUT2D eigenvalue weighted by Crippen LogP contribution is -2.48. The van der Waals surface area contributed by atoms with Gasteiger partial charge >= 0.3 is 5.97 Å². The zero-order valence-corrected chi connectivity index (χ0v) is 11.4. The molecule has 104 valence electrons. The van der Waals surface area contributed by atoms with E-state index in [1.807, 2.05) is 13.8 Å². The van der Waals surface area contributed by atoms with Crippen LogP contribution in [-0.4, -0.2) is 33.1 Å². The SMILES string of the molecule is CC(C)c1nc(N2CCCC2(C)C(=O)O)cc(=O)[nH]1. The highest BCUT2D eigenvalue weighted by molar-refractivity contribution is 5.83. The van der Waals surface area contributed by atoms with Crippen LogP contribution >= 0.6 is 0 Å². The summed E-state index contributed by atoms with van der Waals surface area (Å²) in [5.74, 6) is 0.251. The number of H-pyrrole nitrogens is 1. The van der Waals surface area contributed by atoms with E-state index in [9.17, 15) is 14.7 Å². The van der Waals surface area contributed by atoms with E-state index in [4.69, 9.17) is 0 Å². The molecule has 1 aromatic heterocycles. The summed E-state index contributed by atoms with van der Waals surface area (Å²) in [6.07, 6.45) is 1.35. The molecule has 1 aliphatic rings. The topological polar surface area (TPSA) is 86.3 Å². The first-order chi connectivity index (χ1) is 8.84. The van der Waals surface area contributed by atoms with Crippen molar-refractivity contribution in [3.05, 3.63) is 22.2 Å². The van der Waals surface area contributed by atoms with Gasteiger partial charge in [-0.3, -0.25) is 4.79 Å². The van der Waals surface area contributed by atoms with Crippen LogP contribution in [0.1, 0.15) is 45.4 Å². The van der Waals surface area contributed by atoms with Gasteiger partial charge in [-0.15, -0.1) is 0 Å². The molecular weight excluding hydrogens is 246 g/mol. The molecule has 1 saturated heterocycles. The molecule has 6 nitrogen and oxygen atoms in total. The summed E-state index contributed by atoms with van der Waals surface area (Å²) in [5, 5.41) is 9.40. The van der Waals surface area contributed by atoms with Gasteiger partial charge in [-0.05, 0) is 19.8 Å². The number of aliphatic carboxylic acids is 1. The summed E-state index contributed by atoms with van der Waals surface area (Å²) in [6, 6.07) is 1.37. The van der Waals surface area contributed by atoms with Crippen molar-refractivity contribution in [1.29, 1.82) is 0 Å². The fourth-order valence-electron chi connectivity index (χ4n) is 2.43. The van der Waals surface area contributed by atoms with Crippen molar-refractivity contribution in [2.75, 3.05) is 11.4 Å². The van der Waals surface area contributed by atoms with Crippen molar-refractivity contribution < 1.29 is 9.90 Å². The lowest BCUT2D eigenvalue weighted by Gasteiger charge is -2.32. The Kier molecular flexibility index (Phi) is 3.34. The van der Waals surface area contributed by atoms with Crippen molar-refractivity contribution in [2.45, 2.75) is 45.1 Å². The smallest absolute Gasteiger partial charge is 0.329 e. The molecule has 0 aromatic carbocycles. The first kappa shape index (κ1) is 13.6. The molecule has 0 bridgehead atoms. The second kappa shape index (κ2) is 4.68. The fourth-order valence-corrected chi connectivity index (χ4v) is 2.43. The molecule has 0 radical (unpaired) electrons. The Morgan fingerprint density at radius 2 is 2.26 bits per heavy atom. The van der Waals surface area contributed by atoms with Crippen molar-refractivity contribution in [3.8, 4) is 0 Å². The number of carboxylic acids is 1. The molecule has 1 fully saturated rings. The second-order valence-corrected chi connectivity index (χ2v) is 5.48. The number of carbonyl (C=O) groups is 1. The Bertz CT molecular complexity index is 552. The maximum atomic E-state index is 11.7. The van der Waals surface area contributed by atoms with Crippen LogP contribution in [0, 0.1) is 0 Å².